The predicted octanol–water partition coefficient (Wildman–Crippen LogP) is 1.31. The molecular formula is C14H26N2O2. The predicted molar refractivity (Wildman–Crippen MR) is 71.3 cm³/mol. The van der Waals surface area contributed by atoms with Gasteiger partial charge in [0.05, 0.1) is 19.1 Å². The zero-order valence-corrected chi connectivity index (χ0v) is 11.6. The standard InChI is InChI=1S/C14H26N2O2/c1-3-15-13-9-18-8-12(13)14(17)16-10(2)11-6-4-5-7-11/h10-13,15H,3-9H2,1-2H3,(H,16,17). The normalized spacial score (nSPS) is 30.6. The van der Waals surface area contributed by atoms with Crippen LogP contribution in [0.25, 0.3) is 0 Å². The van der Waals surface area contributed by atoms with Crippen LogP contribution in [0, 0.1) is 11.8 Å². The van der Waals surface area contributed by atoms with E-state index in [-0.39, 0.29) is 17.9 Å². The summed E-state index contributed by atoms with van der Waals surface area (Å²) in [6.07, 6.45) is 5.16. The number of likely N-dealkylation sites (N-methyl/N-ethyl adjacent to an activating group) is 1. The van der Waals surface area contributed by atoms with Crippen molar-refractivity contribution in [3.8, 4) is 0 Å². The van der Waals surface area contributed by atoms with Crippen molar-refractivity contribution < 1.29 is 9.53 Å². The van der Waals surface area contributed by atoms with E-state index in [1.54, 1.807) is 0 Å². The van der Waals surface area contributed by atoms with Crippen LogP contribution in [0.4, 0.5) is 0 Å². The van der Waals surface area contributed by atoms with Gasteiger partial charge in [-0.3, -0.25) is 4.79 Å². The molecule has 1 saturated heterocycles. The first-order valence-electron chi connectivity index (χ1n) is 7.34. The Morgan fingerprint density at radius 1 is 1.33 bits per heavy atom. The quantitative estimate of drug-likeness (QED) is 0.777. The van der Waals surface area contributed by atoms with Gasteiger partial charge in [-0.1, -0.05) is 19.8 Å². The summed E-state index contributed by atoms with van der Waals surface area (Å²) in [6.45, 7) is 6.31. The monoisotopic (exact) mass is 254 g/mol. The summed E-state index contributed by atoms with van der Waals surface area (Å²) in [7, 11) is 0. The number of carbonyl (C=O) groups excluding carboxylic acids is 1. The third kappa shape index (κ3) is 3.23. The average Bonchev–Trinajstić information content (AvgIpc) is 3.00. The van der Waals surface area contributed by atoms with Crippen LogP contribution in [-0.2, 0) is 9.53 Å². The topological polar surface area (TPSA) is 50.4 Å². The number of carbonyl (C=O) groups is 1. The number of hydrogen-bond acceptors (Lipinski definition) is 3. The summed E-state index contributed by atoms with van der Waals surface area (Å²) in [5, 5.41) is 6.53. The number of hydrogen-bond donors (Lipinski definition) is 2. The Hall–Kier alpha value is -0.610. The largest absolute Gasteiger partial charge is 0.379 e. The van der Waals surface area contributed by atoms with Gasteiger partial charge in [0.1, 0.15) is 0 Å². The van der Waals surface area contributed by atoms with Crippen LogP contribution in [0.1, 0.15) is 39.5 Å². The molecule has 2 fully saturated rings. The first-order chi connectivity index (χ1) is 8.72. The van der Waals surface area contributed by atoms with Gasteiger partial charge in [-0.15, -0.1) is 0 Å². The molecular weight excluding hydrogens is 228 g/mol. The fourth-order valence-electron chi connectivity index (χ4n) is 3.18. The molecule has 3 unspecified atom stereocenters. The molecule has 0 radical (unpaired) electrons. The molecule has 104 valence electrons. The maximum atomic E-state index is 12.3. The lowest BCUT2D eigenvalue weighted by Gasteiger charge is -2.24. The molecule has 0 aromatic rings. The van der Waals surface area contributed by atoms with Crippen molar-refractivity contribution in [3.63, 3.8) is 0 Å². The fraction of sp³-hybridized carbons (Fsp3) is 0.929. The molecule has 2 rings (SSSR count). The second-order valence-corrected chi connectivity index (χ2v) is 5.65. The molecule has 0 bridgehead atoms. The van der Waals surface area contributed by atoms with Crippen LogP contribution in [0.15, 0.2) is 0 Å². The van der Waals surface area contributed by atoms with E-state index >= 15 is 0 Å². The number of nitrogens with one attached hydrogen (secondary N) is 2. The SMILES string of the molecule is CCNC1COCC1C(=O)NC(C)C1CCCC1. The van der Waals surface area contributed by atoms with Gasteiger partial charge >= 0.3 is 0 Å². The van der Waals surface area contributed by atoms with Gasteiger partial charge in [-0.25, -0.2) is 0 Å². The van der Waals surface area contributed by atoms with Crippen LogP contribution in [0.3, 0.4) is 0 Å². The lowest BCUT2D eigenvalue weighted by Crippen LogP contribution is -2.47. The van der Waals surface area contributed by atoms with E-state index < -0.39 is 0 Å². The Bertz CT molecular complexity index is 277. The molecule has 1 amide bonds. The molecule has 3 atom stereocenters. The van der Waals surface area contributed by atoms with Crippen LogP contribution >= 0.6 is 0 Å². The first kappa shape index (κ1) is 13.8. The van der Waals surface area contributed by atoms with Crippen LogP contribution in [0.2, 0.25) is 0 Å². The molecule has 4 heteroatoms. The summed E-state index contributed by atoms with van der Waals surface area (Å²) in [5.74, 6) is 0.820. The van der Waals surface area contributed by atoms with Gasteiger partial charge in [-0.2, -0.15) is 0 Å². The maximum absolute atomic E-state index is 12.3. The van der Waals surface area contributed by atoms with Crippen LogP contribution in [0.5, 0.6) is 0 Å². The van der Waals surface area contributed by atoms with E-state index in [0.29, 0.717) is 25.2 Å². The molecule has 1 heterocycles. The molecule has 4 nitrogen and oxygen atoms in total. The highest BCUT2D eigenvalue weighted by Gasteiger charge is 2.34. The van der Waals surface area contributed by atoms with Gasteiger partial charge in [0.15, 0.2) is 0 Å². The van der Waals surface area contributed by atoms with E-state index in [2.05, 4.69) is 24.5 Å². The van der Waals surface area contributed by atoms with E-state index in [1.165, 1.54) is 25.7 Å². The highest BCUT2D eigenvalue weighted by molar-refractivity contribution is 5.80. The molecule has 1 aliphatic heterocycles. The maximum Gasteiger partial charge on any atom is 0.227 e. The average molecular weight is 254 g/mol. The van der Waals surface area contributed by atoms with Gasteiger partial charge < -0.3 is 15.4 Å². The summed E-state index contributed by atoms with van der Waals surface area (Å²) >= 11 is 0. The van der Waals surface area contributed by atoms with Gasteiger partial charge in [0, 0.05) is 12.1 Å². The molecule has 2 N–H and O–H groups in total. The van der Waals surface area contributed by atoms with Crippen molar-refractivity contribution in [2.45, 2.75) is 51.6 Å². The smallest absolute Gasteiger partial charge is 0.227 e. The Morgan fingerprint density at radius 2 is 2.06 bits per heavy atom. The third-order valence-electron chi connectivity index (χ3n) is 4.36. The third-order valence-corrected chi connectivity index (χ3v) is 4.36. The van der Waals surface area contributed by atoms with Crippen molar-refractivity contribution in [1.29, 1.82) is 0 Å². The molecule has 0 spiro atoms. The zero-order valence-electron chi connectivity index (χ0n) is 11.6. The highest BCUT2D eigenvalue weighted by atomic mass is 16.5. The van der Waals surface area contributed by atoms with Crippen molar-refractivity contribution in [2.24, 2.45) is 11.8 Å². The lowest BCUT2D eigenvalue weighted by molar-refractivity contribution is -0.126. The minimum Gasteiger partial charge on any atom is -0.379 e. The van der Waals surface area contributed by atoms with Gasteiger partial charge in [0.25, 0.3) is 0 Å². The Balaban J connectivity index is 1.82. The Kier molecular flexibility index (Phi) is 5.01. The molecule has 1 aliphatic carbocycles. The van der Waals surface area contributed by atoms with Crippen LogP contribution < -0.4 is 10.6 Å². The zero-order chi connectivity index (χ0) is 13.0. The second kappa shape index (κ2) is 6.53. The molecule has 18 heavy (non-hydrogen) atoms. The minimum absolute atomic E-state index is 0.0196. The van der Waals surface area contributed by atoms with Crippen LogP contribution in [-0.4, -0.2) is 37.7 Å². The molecule has 0 aromatic heterocycles. The van der Waals surface area contributed by atoms with E-state index in [1.807, 2.05) is 0 Å². The van der Waals surface area contributed by atoms with E-state index in [4.69, 9.17) is 4.74 Å². The Morgan fingerprint density at radius 3 is 2.72 bits per heavy atom. The number of amides is 1. The highest BCUT2D eigenvalue weighted by Crippen LogP contribution is 2.27. The number of ether oxygens (including phenoxy) is 1. The van der Waals surface area contributed by atoms with Crippen molar-refractivity contribution in [1.82, 2.24) is 10.6 Å². The minimum atomic E-state index is -0.0196. The van der Waals surface area contributed by atoms with Crippen molar-refractivity contribution in [3.05, 3.63) is 0 Å². The molecule has 1 saturated carbocycles. The van der Waals surface area contributed by atoms with Crippen molar-refractivity contribution >= 4 is 5.91 Å². The molecule has 0 aromatic carbocycles. The summed E-state index contributed by atoms with van der Waals surface area (Å²) in [5.41, 5.74) is 0. The summed E-state index contributed by atoms with van der Waals surface area (Å²) < 4.78 is 5.43. The van der Waals surface area contributed by atoms with E-state index in [9.17, 15) is 4.79 Å². The molecule has 2 aliphatic rings. The Labute approximate surface area is 110 Å². The number of rotatable bonds is 5. The van der Waals surface area contributed by atoms with Crippen molar-refractivity contribution in [2.75, 3.05) is 19.8 Å². The summed E-state index contributed by atoms with van der Waals surface area (Å²) in [4.78, 5) is 12.3. The second-order valence-electron chi connectivity index (χ2n) is 5.65. The first-order valence-corrected chi connectivity index (χ1v) is 7.34. The summed E-state index contributed by atoms with van der Waals surface area (Å²) in [6, 6.07) is 0.494. The fourth-order valence-corrected chi connectivity index (χ4v) is 3.18. The van der Waals surface area contributed by atoms with E-state index in [0.717, 1.165) is 6.54 Å². The lowest BCUT2D eigenvalue weighted by atomic mass is 9.97. The van der Waals surface area contributed by atoms with Gasteiger partial charge in [0.2, 0.25) is 5.91 Å². The van der Waals surface area contributed by atoms with Gasteiger partial charge in [-0.05, 0) is 32.2 Å².